The molecule has 0 N–H and O–H groups in total. The molecule has 1 aromatic rings. The molecule has 0 bridgehead atoms. The van der Waals surface area contributed by atoms with E-state index in [-0.39, 0.29) is 5.78 Å². The lowest BCUT2D eigenvalue weighted by molar-refractivity contribution is 0.0851. The van der Waals surface area contributed by atoms with Crippen LogP contribution in [0, 0.1) is 5.92 Å². The van der Waals surface area contributed by atoms with Crippen LogP contribution < -0.4 is 0 Å². The van der Waals surface area contributed by atoms with E-state index in [9.17, 15) is 4.79 Å². The molecular weight excluding hydrogens is 258 g/mol. The minimum Gasteiger partial charge on any atom is -0.296 e. The van der Waals surface area contributed by atoms with E-state index in [0.717, 1.165) is 5.56 Å². The maximum absolute atomic E-state index is 12.2. The molecule has 1 aromatic carbocycles. The van der Waals surface area contributed by atoms with Crippen LogP contribution >= 0.6 is 11.6 Å². The summed E-state index contributed by atoms with van der Waals surface area (Å²) >= 11 is 5.84. The monoisotopic (exact) mass is 279 g/mol. The minimum absolute atomic E-state index is 0.178. The molecule has 1 saturated carbocycles. The Balaban J connectivity index is 1.96. The number of carbonyl (C=O) groups excluding carboxylic acids is 1. The first-order chi connectivity index (χ1) is 9.08. The van der Waals surface area contributed by atoms with E-state index in [2.05, 4.69) is 18.9 Å². The maximum atomic E-state index is 12.2. The van der Waals surface area contributed by atoms with Crippen molar-refractivity contribution in [3.05, 3.63) is 34.9 Å². The number of rotatable bonds is 4. The molecule has 104 valence electrons. The average molecular weight is 280 g/mol. The number of carbonyl (C=O) groups is 1. The summed E-state index contributed by atoms with van der Waals surface area (Å²) in [5.41, 5.74) is 0.750. The molecule has 0 radical (unpaired) electrons. The summed E-state index contributed by atoms with van der Waals surface area (Å²) in [7, 11) is 2.07. The van der Waals surface area contributed by atoms with Gasteiger partial charge in [0.1, 0.15) is 0 Å². The molecule has 1 aliphatic carbocycles. The van der Waals surface area contributed by atoms with Gasteiger partial charge in [0.15, 0.2) is 5.78 Å². The molecule has 3 heteroatoms. The van der Waals surface area contributed by atoms with Crippen LogP contribution in [0.25, 0.3) is 0 Å². The van der Waals surface area contributed by atoms with Crippen LogP contribution in [0.15, 0.2) is 24.3 Å². The standard InChI is InChI=1S/C16H22ClNO/c1-12-5-3-4-6-15(12)18(2)11-16(19)13-7-9-14(17)10-8-13/h7-10,12,15H,3-6,11H2,1-2H3. The summed E-state index contributed by atoms with van der Waals surface area (Å²) in [6, 6.07) is 7.71. The Labute approximate surface area is 120 Å². The van der Waals surface area contributed by atoms with E-state index in [1.54, 1.807) is 12.1 Å². The molecule has 0 aromatic heterocycles. The van der Waals surface area contributed by atoms with Crippen molar-refractivity contribution >= 4 is 17.4 Å². The first-order valence-electron chi connectivity index (χ1n) is 7.07. The van der Waals surface area contributed by atoms with E-state index in [0.29, 0.717) is 23.5 Å². The van der Waals surface area contributed by atoms with E-state index >= 15 is 0 Å². The van der Waals surface area contributed by atoms with Crippen LogP contribution in [-0.4, -0.2) is 30.3 Å². The molecule has 1 fully saturated rings. The summed E-state index contributed by atoms with van der Waals surface area (Å²) in [4.78, 5) is 14.5. The molecule has 0 saturated heterocycles. The third-order valence-electron chi connectivity index (χ3n) is 4.19. The van der Waals surface area contributed by atoms with Gasteiger partial charge in [0.25, 0.3) is 0 Å². The zero-order valence-corrected chi connectivity index (χ0v) is 12.5. The summed E-state index contributed by atoms with van der Waals surface area (Å²) < 4.78 is 0. The Kier molecular flexibility index (Phi) is 5.00. The van der Waals surface area contributed by atoms with Gasteiger partial charge in [-0.2, -0.15) is 0 Å². The molecule has 2 rings (SSSR count). The summed E-state index contributed by atoms with van der Waals surface area (Å²) in [6.07, 6.45) is 5.11. The zero-order chi connectivity index (χ0) is 13.8. The second-order valence-corrected chi connectivity index (χ2v) is 6.11. The van der Waals surface area contributed by atoms with E-state index < -0.39 is 0 Å². The molecule has 2 atom stereocenters. The van der Waals surface area contributed by atoms with Crippen molar-refractivity contribution in [1.29, 1.82) is 0 Å². The molecule has 1 aliphatic rings. The van der Waals surface area contributed by atoms with Crippen LogP contribution in [0.4, 0.5) is 0 Å². The number of hydrogen-bond acceptors (Lipinski definition) is 2. The SMILES string of the molecule is CC1CCCCC1N(C)CC(=O)c1ccc(Cl)cc1. The maximum Gasteiger partial charge on any atom is 0.176 e. The fourth-order valence-corrected chi connectivity index (χ4v) is 3.15. The lowest BCUT2D eigenvalue weighted by Gasteiger charge is -2.35. The number of ketones is 1. The summed E-state index contributed by atoms with van der Waals surface area (Å²) in [5.74, 6) is 0.869. The average Bonchev–Trinajstić information content (AvgIpc) is 2.39. The predicted molar refractivity (Wildman–Crippen MR) is 79.8 cm³/mol. The molecular formula is C16H22ClNO. The van der Waals surface area contributed by atoms with Gasteiger partial charge < -0.3 is 0 Å². The van der Waals surface area contributed by atoms with Gasteiger partial charge in [-0.25, -0.2) is 0 Å². The number of benzene rings is 1. The van der Waals surface area contributed by atoms with Crippen LogP contribution in [0.5, 0.6) is 0 Å². The number of halogens is 1. The highest BCUT2D eigenvalue weighted by molar-refractivity contribution is 6.30. The summed E-state index contributed by atoms with van der Waals surface area (Å²) in [6.45, 7) is 2.80. The fraction of sp³-hybridized carbons (Fsp3) is 0.562. The van der Waals surface area contributed by atoms with Crippen molar-refractivity contribution in [3.63, 3.8) is 0 Å². The third kappa shape index (κ3) is 3.80. The number of likely N-dealkylation sites (N-methyl/N-ethyl adjacent to an activating group) is 1. The first kappa shape index (κ1) is 14.5. The smallest absolute Gasteiger partial charge is 0.176 e. The third-order valence-corrected chi connectivity index (χ3v) is 4.44. The van der Waals surface area contributed by atoms with Crippen molar-refractivity contribution in [3.8, 4) is 0 Å². The van der Waals surface area contributed by atoms with Crippen LogP contribution in [-0.2, 0) is 0 Å². The Morgan fingerprint density at radius 2 is 1.89 bits per heavy atom. The lowest BCUT2D eigenvalue weighted by atomic mass is 9.85. The molecule has 0 spiro atoms. The van der Waals surface area contributed by atoms with Gasteiger partial charge in [-0.15, -0.1) is 0 Å². The van der Waals surface area contributed by atoms with Crippen molar-refractivity contribution in [1.82, 2.24) is 4.90 Å². The Morgan fingerprint density at radius 3 is 2.53 bits per heavy atom. The van der Waals surface area contributed by atoms with Crippen LogP contribution in [0.3, 0.4) is 0 Å². The fourth-order valence-electron chi connectivity index (χ4n) is 3.02. The van der Waals surface area contributed by atoms with E-state index in [4.69, 9.17) is 11.6 Å². The number of hydrogen-bond donors (Lipinski definition) is 0. The highest BCUT2D eigenvalue weighted by Crippen LogP contribution is 2.27. The second kappa shape index (κ2) is 6.53. The minimum atomic E-state index is 0.178. The highest BCUT2D eigenvalue weighted by Gasteiger charge is 2.26. The molecule has 0 heterocycles. The molecule has 2 nitrogen and oxygen atoms in total. The predicted octanol–water partition coefficient (Wildman–Crippen LogP) is 4.03. The Hall–Kier alpha value is -0.860. The van der Waals surface area contributed by atoms with Crippen LogP contribution in [0.2, 0.25) is 5.02 Å². The van der Waals surface area contributed by atoms with Gasteiger partial charge in [0.2, 0.25) is 0 Å². The Morgan fingerprint density at radius 1 is 1.26 bits per heavy atom. The number of Topliss-reactive ketones (excluding diaryl/α,β-unsaturated/α-hetero) is 1. The molecule has 0 amide bonds. The largest absolute Gasteiger partial charge is 0.296 e. The van der Waals surface area contributed by atoms with Gasteiger partial charge >= 0.3 is 0 Å². The lowest BCUT2D eigenvalue weighted by Crippen LogP contribution is -2.41. The molecule has 19 heavy (non-hydrogen) atoms. The van der Waals surface area contributed by atoms with Gasteiger partial charge in [-0.3, -0.25) is 9.69 Å². The zero-order valence-electron chi connectivity index (χ0n) is 11.7. The van der Waals surface area contributed by atoms with Crippen LogP contribution in [0.1, 0.15) is 43.0 Å². The van der Waals surface area contributed by atoms with Crippen molar-refractivity contribution in [2.45, 2.75) is 38.6 Å². The molecule has 0 aliphatic heterocycles. The quantitative estimate of drug-likeness (QED) is 0.776. The summed E-state index contributed by atoms with van der Waals surface area (Å²) in [5, 5.41) is 0.672. The first-order valence-corrected chi connectivity index (χ1v) is 7.44. The second-order valence-electron chi connectivity index (χ2n) is 5.67. The van der Waals surface area contributed by atoms with Gasteiger partial charge in [0.05, 0.1) is 6.54 Å². The van der Waals surface area contributed by atoms with Gasteiger partial charge in [0, 0.05) is 16.6 Å². The van der Waals surface area contributed by atoms with Crippen molar-refractivity contribution in [2.75, 3.05) is 13.6 Å². The highest BCUT2D eigenvalue weighted by atomic mass is 35.5. The topological polar surface area (TPSA) is 20.3 Å². The number of nitrogens with zero attached hydrogens (tertiary/aromatic N) is 1. The normalized spacial score (nSPS) is 23.6. The van der Waals surface area contributed by atoms with Gasteiger partial charge in [-0.05, 0) is 50.1 Å². The molecule has 2 unspecified atom stereocenters. The van der Waals surface area contributed by atoms with Gasteiger partial charge in [-0.1, -0.05) is 31.4 Å². The van der Waals surface area contributed by atoms with Crippen molar-refractivity contribution in [2.24, 2.45) is 5.92 Å². The van der Waals surface area contributed by atoms with E-state index in [1.807, 2.05) is 12.1 Å². The Bertz CT molecular complexity index is 429. The van der Waals surface area contributed by atoms with E-state index in [1.165, 1.54) is 25.7 Å². The van der Waals surface area contributed by atoms with Crippen molar-refractivity contribution < 1.29 is 4.79 Å².